The van der Waals surface area contributed by atoms with E-state index in [-0.39, 0.29) is 35.2 Å². The maximum atomic E-state index is 12.3. The van der Waals surface area contributed by atoms with Crippen molar-refractivity contribution < 1.29 is 4.79 Å². The highest BCUT2D eigenvalue weighted by Gasteiger charge is 2.20. The van der Waals surface area contributed by atoms with Crippen LogP contribution in [0.2, 0.25) is 0 Å². The van der Waals surface area contributed by atoms with Gasteiger partial charge in [-0.25, -0.2) is 4.98 Å². The zero-order chi connectivity index (χ0) is 18.0. The molecule has 3 heterocycles. The summed E-state index contributed by atoms with van der Waals surface area (Å²) in [6.45, 7) is 7.77. The molecule has 6 nitrogen and oxygen atoms in total. The summed E-state index contributed by atoms with van der Waals surface area (Å²) in [6, 6.07) is 0.267. The van der Waals surface area contributed by atoms with Gasteiger partial charge < -0.3 is 15.6 Å². The van der Waals surface area contributed by atoms with Crippen LogP contribution in [0, 0.1) is 13.8 Å². The number of halogens is 1. The average Bonchev–Trinajstić information content (AvgIpc) is 2.88. The largest absolute Gasteiger partial charge is 0.352 e. The Labute approximate surface area is 167 Å². The second kappa shape index (κ2) is 9.21. The molecule has 1 amide bonds. The van der Waals surface area contributed by atoms with Crippen LogP contribution in [0.1, 0.15) is 36.0 Å². The highest BCUT2D eigenvalue weighted by Crippen LogP contribution is 2.26. The zero-order valence-electron chi connectivity index (χ0n) is 15.2. The molecule has 0 aliphatic carbocycles. The first-order valence-electron chi connectivity index (χ1n) is 8.57. The number of aryl methyl sites for hydroxylation is 2. The van der Waals surface area contributed by atoms with E-state index in [9.17, 15) is 9.59 Å². The summed E-state index contributed by atoms with van der Waals surface area (Å²) >= 11 is 3.04. The van der Waals surface area contributed by atoms with Gasteiger partial charge in [0.1, 0.15) is 10.7 Å². The Kier molecular flexibility index (Phi) is 7.52. The Hall–Kier alpha value is -1.09. The topological polar surface area (TPSA) is 86.9 Å². The predicted octanol–water partition coefficient (Wildman–Crippen LogP) is 2.51. The van der Waals surface area contributed by atoms with Crippen molar-refractivity contribution in [3.05, 3.63) is 26.6 Å². The number of amides is 1. The normalized spacial score (nSPS) is 16.3. The third kappa shape index (κ3) is 4.79. The lowest BCUT2D eigenvalue weighted by Gasteiger charge is -2.25. The SMILES string of the molecule is Cc1sc2nc(CSC(C)C(=O)NC3CCNCC3)[nH]c(=O)c2c1C.Cl. The fourth-order valence-electron chi connectivity index (χ4n) is 2.93. The van der Waals surface area contributed by atoms with Gasteiger partial charge in [0.25, 0.3) is 5.56 Å². The van der Waals surface area contributed by atoms with Crippen molar-refractivity contribution in [1.82, 2.24) is 20.6 Å². The second-order valence-electron chi connectivity index (χ2n) is 6.46. The Morgan fingerprint density at radius 1 is 1.38 bits per heavy atom. The van der Waals surface area contributed by atoms with E-state index >= 15 is 0 Å². The van der Waals surface area contributed by atoms with Crippen molar-refractivity contribution >= 4 is 51.6 Å². The molecule has 9 heteroatoms. The van der Waals surface area contributed by atoms with Gasteiger partial charge in [0, 0.05) is 10.9 Å². The van der Waals surface area contributed by atoms with E-state index in [4.69, 9.17) is 0 Å². The van der Waals surface area contributed by atoms with Crippen LogP contribution < -0.4 is 16.2 Å². The first kappa shape index (κ1) is 21.2. The van der Waals surface area contributed by atoms with E-state index < -0.39 is 0 Å². The fraction of sp³-hybridized carbons (Fsp3) is 0.588. The highest BCUT2D eigenvalue weighted by atomic mass is 35.5. The molecular weight excluding hydrogens is 392 g/mol. The standard InChI is InChI=1S/C17H24N4O2S2.ClH/c1-9-10(2)25-17-14(9)16(23)20-13(21-17)8-24-11(3)15(22)19-12-4-6-18-7-5-12;/h11-12,18H,4-8H2,1-3H3,(H,19,22)(H,20,21,23);1H. The molecule has 2 aromatic heterocycles. The molecule has 1 fully saturated rings. The Morgan fingerprint density at radius 3 is 2.77 bits per heavy atom. The molecule has 2 aromatic rings. The molecule has 1 atom stereocenters. The van der Waals surface area contributed by atoms with Crippen LogP contribution >= 0.6 is 35.5 Å². The quantitative estimate of drug-likeness (QED) is 0.697. The summed E-state index contributed by atoms with van der Waals surface area (Å²) in [5, 5.41) is 6.92. The van der Waals surface area contributed by atoms with Gasteiger partial charge in [0.15, 0.2) is 0 Å². The number of carbonyl (C=O) groups excluding carboxylic acids is 1. The lowest BCUT2D eigenvalue weighted by Crippen LogP contribution is -2.45. The molecule has 26 heavy (non-hydrogen) atoms. The lowest BCUT2D eigenvalue weighted by molar-refractivity contribution is -0.121. The smallest absolute Gasteiger partial charge is 0.259 e. The van der Waals surface area contributed by atoms with E-state index in [1.807, 2.05) is 20.8 Å². The molecule has 1 aliphatic heterocycles. The highest BCUT2D eigenvalue weighted by molar-refractivity contribution is 7.99. The molecule has 0 radical (unpaired) electrons. The molecule has 0 spiro atoms. The van der Waals surface area contributed by atoms with Crippen LogP contribution in [0.15, 0.2) is 4.79 Å². The van der Waals surface area contributed by atoms with Crippen LogP contribution in [0.4, 0.5) is 0 Å². The third-order valence-corrected chi connectivity index (χ3v) is 6.87. The van der Waals surface area contributed by atoms with Crippen LogP contribution in [0.25, 0.3) is 10.2 Å². The molecular formula is C17H25ClN4O2S2. The maximum Gasteiger partial charge on any atom is 0.259 e. The number of hydrogen-bond donors (Lipinski definition) is 3. The molecule has 0 aromatic carbocycles. The summed E-state index contributed by atoms with van der Waals surface area (Å²) in [5.41, 5.74) is 0.914. The summed E-state index contributed by atoms with van der Waals surface area (Å²) < 4.78 is 0. The van der Waals surface area contributed by atoms with Gasteiger partial charge in [0.05, 0.1) is 16.4 Å². The molecule has 1 aliphatic rings. The number of rotatable bonds is 5. The van der Waals surface area contributed by atoms with Crippen molar-refractivity contribution in [3.8, 4) is 0 Å². The average molecular weight is 417 g/mol. The number of nitrogens with one attached hydrogen (secondary N) is 3. The predicted molar refractivity (Wildman–Crippen MR) is 112 cm³/mol. The van der Waals surface area contributed by atoms with E-state index in [1.165, 1.54) is 11.8 Å². The number of thioether (sulfide) groups is 1. The van der Waals surface area contributed by atoms with Crippen molar-refractivity contribution in [2.75, 3.05) is 13.1 Å². The first-order valence-corrected chi connectivity index (χ1v) is 10.4. The molecule has 1 saturated heterocycles. The first-order chi connectivity index (χ1) is 12.0. The number of nitrogens with zero attached hydrogens (tertiary/aromatic N) is 1. The van der Waals surface area contributed by atoms with Gasteiger partial charge in [-0.1, -0.05) is 0 Å². The minimum absolute atomic E-state index is 0. The second-order valence-corrected chi connectivity index (χ2v) is 8.99. The van der Waals surface area contributed by atoms with Crippen LogP contribution in [0.3, 0.4) is 0 Å². The van der Waals surface area contributed by atoms with Crippen molar-refractivity contribution in [3.63, 3.8) is 0 Å². The Bertz CT molecular complexity index is 830. The minimum Gasteiger partial charge on any atom is -0.352 e. The number of hydrogen-bond acceptors (Lipinski definition) is 6. The number of carbonyl (C=O) groups is 1. The summed E-state index contributed by atoms with van der Waals surface area (Å²) in [7, 11) is 0. The van der Waals surface area contributed by atoms with Gasteiger partial charge >= 0.3 is 0 Å². The fourth-order valence-corrected chi connectivity index (χ4v) is 4.74. The van der Waals surface area contributed by atoms with Gasteiger partial charge in [-0.2, -0.15) is 0 Å². The van der Waals surface area contributed by atoms with E-state index in [1.54, 1.807) is 11.3 Å². The van der Waals surface area contributed by atoms with Crippen molar-refractivity contribution in [2.24, 2.45) is 0 Å². The van der Waals surface area contributed by atoms with Crippen LogP contribution in [-0.2, 0) is 10.5 Å². The maximum absolute atomic E-state index is 12.3. The molecule has 0 saturated carbocycles. The molecule has 144 valence electrons. The lowest BCUT2D eigenvalue weighted by atomic mass is 10.1. The van der Waals surface area contributed by atoms with Gasteiger partial charge in [0.2, 0.25) is 5.91 Å². The molecule has 1 unspecified atom stereocenters. The van der Waals surface area contributed by atoms with Gasteiger partial charge in [-0.05, 0) is 52.3 Å². The van der Waals surface area contributed by atoms with Crippen molar-refractivity contribution in [1.29, 1.82) is 0 Å². The van der Waals surface area contributed by atoms with E-state index in [0.717, 1.165) is 41.2 Å². The minimum atomic E-state index is -0.178. The van der Waals surface area contributed by atoms with Gasteiger partial charge in [-0.15, -0.1) is 35.5 Å². The zero-order valence-corrected chi connectivity index (χ0v) is 17.6. The van der Waals surface area contributed by atoms with Crippen molar-refractivity contribution in [2.45, 2.75) is 50.7 Å². The summed E-state index contributed by atoms with van der Waals surface area (Å²) in [6.07, 6.45) is 1.96. The van der Waals surface area contributed by atoms with E-state index in [2.05, 4.69) is 20.6 Å². The third-order valence-electron chi connectivity index (χ3n) is 4.61. The molecule has 3 rings (SSSR count). The molecule has 3 N–H and O–H groups in total. The number of piperidine rings is 1. The molecule has 0 bridgehead atoms. The van der Waals surface area contributed by atoms with E-state index in [0.29, 0.717) is 17.0 Å². The summed E-state index contributed by atoms with van der Waals surface area (Å²) in [5.74, 6) is 1.20. The van der Waals surface area contributed by atoms with Gasteiger partial charge in [-0.3, -0.25) is 9.59 Å². The number of aromatic nitrogens is 2. The Balaban J connectivity index is 0.00000243. The van der Waals surface area contributed by atoms with Crippen LogP contribution in [0.5, 0.6) is 0 Å². The monoisotopic (exact) mass is 416 g/mol. The number of H-pyrrole nitrogens is 1. The number of aromatic amines is 1. The summed E-state index contributed by atoms with van der Waals surface area (Å²) in [4.78, 5) is 33.9. The number of thiophene rings is 1. The Morgan fingerprint density at radius 2 is 2.08 bits per heavy atom. The van der Waals surface area contributed by atoms with Crippen LogP contribution in [-0.4, -0.2) is 40.3 Å². The number of fused-ring (bicyclic) bond motifs is 1.